The van der Waals surface area contributed by atoms with Crippen molar-refractivity contribution in [2.45, 2.75) is 51.2 Å². The summed E-state index contributed by atoms with van der Waals surface area (Å²) in [5.41, 5.74) is 0.170. The van der Waals surface area contributed by atoms with Gasteiger partial charge in [-0.25, -0.2) is 0 Å². The summed E-state index contributed by atoms with van der Waals surface area (Å²) < 4.78 is 0. The van der Waals surface area contributed by atoms with Gasteiger partial charge in [0.05, 0.1) is 5.60 Å². The highest BCUT2D eigenvalue weighted by molar-refractivity contribution is 6.30. The number of hydrogen-bond donors (Lipinski definition) is 3. The van der Waals surface area contributed by atoms with Gasteiger partial charge in [-0.15, -0.1) is 0 Å². The predicted molar refractivity (Wildman–Crippen MR) is 82.0 cm³/mol. The quantitative estimate of drug-likeness (QED) is 0.780. The minimum absolute atomic E-state index is 0.239. The Morgan fingerprint density at radius 3 is 2.70 bits per heavy atom. The molecule has 1 aromatic rings. The van der Waals surface area contributed by atoms with Crippen LogP contribution in [0.5, 0.6) is 5.75 Å². The first-order valence-corrected chi connectivity index (χ1v) is 7.81. The average molecular weight is 298 g/mol. The molecule has 0 bridgehead atoms. The molecule has 0 radical (unpaired) electrons. The standard InChI is InChI=1S/C16H24ClNO2/c1-2-12-5-7-16(20,8-6-12)11-18-10-13-9-14(17)3-4-15(13)19/h3-4,9,12,18-20H,2,5-8,10-11H2,1H3. The molecule has 3 nitrogen and oxygen atoms in total. The van der Waals surface area contributed by atoms with Gasteiger partial charge >= 0.3 is 0 Å². The van der Waals surface area contributed by atoms with Gasteiger partial charge in [-0.2, -0.15) is 0 Å². The average Bonchev–Trinajstić information content (AvgIpc) is 2.43. The number of aromatic hydroxyl groups is 1. The zero-order chi connectivity index (χ0) is 14.6. The van der Waals surface area contributed by atoms with Crippen molar-refractivity contribution in [3.05, 3.63) is 28.8 Å². The van der Waals surface area contributed by atoms with Crippen LogP contribution < -0.4 is 5.32 Å². The van der Waals surface area contributed by atoms with Crippen LogP contribution >= 0.6 is 11.6 Å². The van der Waals surface area contributed by atoms with Crippen LogP contribution in [-0.4, -0.2) is 22.4 Å². The molecule has 112 valence electrons. The van der Waals surface area contributed by atoms with Crippen molar-refractivity contribution in [2.24, 2.45) is 5.92 Å². The third kappa shape index (κ3) is 4.11. The fourth-order valence-electron chi connectivity index (χ4n) is 2.93. The number of nitrogens with one attached hydrogen (secondary N) is 1. The van der Waals surface area contributed by atoms with E-state index in [2.05, 4.69) is 12.2 Å². The molecule has 0 heterocycles. The summed E-state index contributed by atoms with van der Waals surface area (Å²) in [6, 6.07) is 5.02. The topological polar surface area (TPSA) is 52.5 Å². The zero-order valence-corrected chi connectivity index (χ0v) is 12.8. The van der Waals surface area contributed by atoms with E-state index in [9.17, 15) is 10.2 Å². The lowest BCUT2D eigenvalue weighted by atomic mass is 9.78. The number of aliphatic hydroxyl groups is 1. The van der Waals surface area contributed by atoms with Gasteiger partial charge in [0.25, 0.3) is 0 Å². The number of halogens is 1. The van der Waals surface area contributed by atoms with Crippen LogP contribution in [0.1, 0.15) is 44.6 Å². The molecule has 0 amide bonds. The van der Waals surface area contributed by atoms with Crippen LogP contribution in [0, 0.1) is 5.92 Å². The molecule has 0 saturated heterocycles. The molecule has 0 aliphatic heterocycles. The smallest absolute Gasteiger partial charge is 0.120 e. The second-order valence-electron chi connectivity index (χ2n) is 5.95. The monoisotopic (exact) mass is 297 g/mol. The third-order valence-corrected chi connectivity index (χ3v) is 4.66. The normalized spacial score (nSPS) is 26.6. The predicted octanol–water partition coefficient (Wildman–Crippen LogP) is 3.47. The molecule has 0 spiro atoms. The Balaban J connectivity index is 1.82. The fourth-order valence-corrected chi connectivity index (χ4v) is 3.12. The minimum Gasteiger partial charge on any atom is -0.508 e. The number of phenolic OH excluding ortho intramolecular Hbond substituents is 1. The molecule has 0 aromatic heterocycles. The fraction of sp³-hybridized carbons (Fsp3) is 0.625. The Morgan fingerprint density at radius 1 is 1.35 bits per heavy atom. The first kappa shape index (κ1) is 15.6. The molecule has 1 aliphatic carbocycles. The first-order chi connectivity index (χ1) is 9.52. The van der Waals surface area contributed by atoms with Gasteiger partial charge in [0.15, 0.2) is 0 Å². The molecule has 2 rings (SSSR count). The number of benzene rings is 1. The van der Waals surface area contributed by atoms with Crippen molar-refractivity contribution in [3.8, 4) is 5.75 Å². The van der Waals surface area contributed by atoms with E-state index in [1.165, 1.54) is 6.42 Å². The zero-order valence-electron chi connectivity index (χ0n) is 12.0. The maximum Gasteiger partial charge on any atom is 0.120 e. The maximum atomic E-state index is 10.5. The summed E-state index contributed by atoms with van der Waals surface area (Å²) in [4.78, 5) is 0. The molecule has 0 atom stereocenters. The molecular weight excluding hydrogens is 274 g/mol. The van der Waals surface area contributed by atoms with Crippen LogP contribution in [0.2, 0.25) is 5.02 Å². The lowest BCUT2D eigenvalue weighted by Gasteiger charge is -2.36. The second kappa shape index (κ2) is 6.79. The summed E-state index contributed by atoms with van der Waals surface area (Å²) in [6.07, 6.45) is 5.15. The molecular formula is C16H24ClNO2. The molecule has 1 aliphatic rings. The van der Waals surface area contributed by atoms with Gasteiger partial charge in [0.2, 0.25) is 0 Å². The van der Waals surface area contributed by atoms with Crippen molar-refractivity contribution >= 4 is 11.6 Å². The van der Waals surface area contributed by atoms with Crippen molar-refractivity contribution in [3.63, 3.8) is 0 Å². The van der Waals surface area contributed by atoms with Gasteiger partial charge in [-0.3, -0.25) is 0 Å². The van der Waals surface area contributed by atoms with Gasteiger partial charge in [-0.05, 0) is 49.8 Å². The highest BCUT2D eigenvalue weighted by Gasteiger charge is 2.32. The van der Waals surface area contributed by atoms with Crippen molar-refractivity contribution < 1.29 is 10.2 Å². The molecule has 1 aromatic carbocycles. The number of phenols is 1. The molecule has 1 fully saturated rings. The van der Waals surface area contributed by atoms with Gasteiger partial charge in [-0.1, -0.05) is 24.9 Å². The Bertz CT molecular complexity index is 442. The summed E-state index contributed by atoms with van der Waals surface area (Å²) in [6.45, 7) is 3.30. The molecule has 3 N–H and O–H groups in total. The second-order valence-corrected chi connectivity index (χ2v) is 6.39. The third-order valence-electron chi connectivity index (χ3n) is 4.42. The Hall–Kier alpha value is -0.770. The van der Waals surface area contributed by atoms with Gasteiger partial charge in [0.1, 0.15) is 5.75 Å². The van der Waals surface area contributed by atoms with E-state index in [0.29, 0.717) is 18.1 Å². The van der Waals surface area contributed by atoms with Crippen molar-refractivity contribution in [2.75, 3.05) is 6.54 Å². The lowest BCUT2D eigenvalue weighted by Crippen LogP contribution is -2.43. The maximum absolute atomic E-state index is 10.5. The largest absolute Gasteiger partial charge is 0.508 e. The minimum atomic E-state index is -0.597. The van der Waals surface area contributed by atoms with E-state index in [-0.39, 0.29) is 5.75 Å². The molecule has 1 saturated carbocycles. The summed E-state index contributed by atoms with van der Waals surface area (Å²) in [5, 5.41) is 24.1. The highest BCUT2D eigenvalue weighted by atomic mass is 35.5. The van der Waals surface area contributed by atoms with Crippen LogP contribution in [0.15, 0.2) is 18.2 Å². The first-order valence-electron chi connectivity index (χ1n) is 7.43. The van der Waals surface area contributed by atoms with E-state index in [1.54, 1.807) is 18.2 Å². The van der Waals surface area contributed by atoms with E-state index >= 15 is 0 Å². The SMILES string of the molecule is CCC1CCC(O)(CNCc2cc(Cl)ccc2O)CC1. The summed E-state index contributed by atoms with van der Waals surface area (Å²) >= 11 is 5.92. The summed E-state index contributed by atoms with van der Waals surface area (Å²) in [7, 11) is 0. The molecule has 4 heteroatoms. The van der Waals surface area contributed by atoms with Crippen LogP contribution in [-0.2, 0) is 6.54 Å². The van der Waals surface area contributed by atoms with E-state index < -0.39 is 5.60 Å². The Kier molecular flexibility index (Phi) is 5.30. The van der Waals surface area contributed by atoms with Crippen LogP contribution in [0.3, 0.4) is 0 Å². The highest BCUT2D eigenvalue weighted by Crippen LogP contribution is 2.33. The number of rotatable bonds is 5. The Morgan fingerprint density at radius 2 is 2.05 bits per heavy atom. The summed E-state index contributed by atoms with van der Waals surface area (Å²) in [5.74, 6) is 1.01. The molecule has 20 heavy (non-hydrogen) atoms. The van der Waals surface area contributed by atoms with E-state index in [1.807, 2.05) is 0 Å². The van der Waals surface area contributed by atoms with Crippen LogP contribution in [0.4, 0.5) is 0 Å². The Labute approximate surface area is 126 Å². The van der Waals surface area contributed by atoms with Gasteiger partial charge < -0.3 is 15.5 Å². The number of hydrogen-bond acceptors (Lipinski definition) is 3. The van der Waals surface area contributed by atoms with Crippen LogP contribution in [0.25, 0.3) is 0 Å². The molecule has 0 unspecified atom stereocenters. The lowest BCUT2D eigenvalue weighted by molar-refractivity contribution is -0.00884. The van der Waals surface area contributed by atoms with Crippen molar-refractivity contribution in [1.29, 1.82) is 0 Å². The van der Waals surface area contributed by atoms with E-state index in [4.69, 9.17) is 11.6 Å². The van der Waals surface area contributed by atoms with Crippen molar-refractivity contribution in [1.82, 2.24) is 5.32 Å². The van der Waals surface area contributed by atoms with E-state index in [0.717, 1.165) is 37.2 Å². The van der Waals surface area contributed by atoms with Gasteiger partial charge in [0, 0.05) is 23.7 Å².